The zero-order valence-electron chi connectivity index (χ0n) is 20.8. The van der Waals surface area contributed by atoms with Crippen molar-refractivity contribution in [2.24, 2.45) is 0 Å². The van der Waals surface area contributed by atoms with Crippen molar-refractivity contribution in [3.05, 3.63) is 70.9 Å². The molecule has 0 bridgehead atoms. The zero-order valence-corrected chi connectivity index (χ0v) is 20.8. The van der Waals surface area contributed by atoms with Crippen LogP contribution in [0.5, 0.6) is 11.5 Å². The highest BCUT2D eigenvalue weighted by Gasteiger charge is 2.53. The molecule has 2 heterocycles. The Morgan fingerprint density at radius 3 is 2.41 bits per heavy atom. The topological polar surface area (TPSA) is 101 Å². The number of aromatic carboxylic acids is 1. The second-order valence-corrected chi connectivity index (χ2v) is 10.5. The fourth-order valence-electron chi connectivity index (χ4n) is 4.80. The Hall–Kier alpha value is -4.01. The predicted octanol–water partition coefficient (Wildman–Crippen LogP) is 4.71. The molecule has 0 spiro atoms. The summed E-state index contributed by atoms with van der Waals surface area (Å²) in [5.41, 5.74) is 1.76. The monoisotopic (exact) mass is 507 g/mol. The summed E-state index contributed by atoms with van der Waals surface area (Å²) in [5, 5.41) is 15.1. The van der Waals surface area contributed by atoms with E-state index in [-0.39, 0.29) is 23.0 Å². The summed E-state index contributed by atoms with van der Waals surface area (Å²) in [5.74, 6) is -1.80. The molecule has 0 atom stereocenters. The van der Waals surface area contributed by atoms with Crippen molar-refractivity contribution in [2.45, 2.75) is 57.7 Å². The van der Waals surface area contributed by atoms with E-state index in [1.54, 1.807) is 37.3 Å². The van der Waals surface area contributed by atoms with E-state index in [4.69, 9.17) is 0 Å². The van der Waals surface area contributed by atoms with Gasteiger partial charge in [-0.2, -0.15) is 0 Å². The standard InChI is InChI=1S/C28H26F2N2O5/c1-15-19(10-13-31-23(15)17-6-5-7-18(26(2,3)4)22(17)24(33)34)32-25(35)27(11-12-27)16-8-9-20-21(14-16)37-28(29,30)36-20/h5-10,13-14H,11-12H2,1-4H3,(H,33,34)(H,31,32,35)/p-1. The van der Waals surface area contributed by atoms with Crippen molar-refractivity contribution in [3.63, 3.8) is 0 Å². The van der Waals surface area contributed by atoms with Gasteiger partial charge in [-0.25, -0.2) is 0 Å². The van der Waals surface area contributed by atoms with Crippen LogP contribution in [0.2, 0.25) is 0 Å². The first-order chi connectivity index (χ1) is 17.3. The molecule has 1 saturated carbocycles. The van der Waals surface area contributed by atoms with Gasteiger partial charge in [-0.3, -0.25) is 9.78 Å². The summed E-state index contributed by atoms with van der Waals surface area (Å²) in [6.07, 6.45) is -1.16. The number of nitrogens with one attached hydrogen (secondary N) is 1. The number of ether oxygens (including phenoxy) is 2. The molecule has 1 amide bonds. The van der Waals surface area contributed by atoms with Crippen LogP contribution in [0.3, 0.4) is 0 Å². The van der Waals surface area contributed by atoms with E-state index in [1.165, 1.54) is 18.3 Å². The number of carbonyl (C=O) groups is 2. The first kappa shape index (κ1) is 24.7. The van der Waals surface area contributed by atoms with Gasteiger partial charge in [0, 0.05) is 23.0 Å². The summed E-state index contributed by atoms with van der Waals surface area (Å²) in [6, 6.07) is 11.2. The Balaban J connectivity index is 1.48. The number of benzene rings is 2. The van der Waals surface area contributed by atoms with Crippen LogP contribution >= 0.6 is 0 Å². The number of halogens is 2. The third-order valence-electron chi connectivity index (χ3n) is 6.92. The molecule has 37 heavy (non-hydrogen) atoms. The van der Waals surface area contributed by atoms with Crippen molar-refractivity contribution < 1.29 is 33.0 Å². The van der Waals surface area contributed by atoms with Crippen molar-refractivity contribution in [1.29, 1.82) is 0 Å². The second-order valence-electron chi connectivity index (χ2n) is 10.5. The number of anilines is 1. The fraction of sp³-hybridized carbons (Fsp3) is 0.321. The van der Waals surface area contributed by atoms with Crippen LogP contribution in [0.15, 0.2) is 48.7 Å². The lowest BCUT2D eigenvalue weighted by atomic mass is 9.81. The summed E-state index contributed by atoms with van der Waals surface area (Å²) in [6.45, 7) is 7.51. The summed E-state index contributed by atoms with van der Waals surface area (Å²) >= 11 is 0. The highest BCUT2D eigenvalue weighted by molar-refractivity contribution is 6.03. The lowest BCUT2D eigenvalue weighted by molar-refractivity contribution is -0.286. The summed E-state index contributed by atoms with van der Waals surface area (Å²) < 4.78 is 35.9. The fourth-order valence-corrected chi connectivity index (χ4v) is 4.80. The van der Waals surface area contributed by atoms with Gasteiger partial charge in [-0.05, 0) is 60.1 Å². The van der Waals surface area contributed by atoms with E-state index in [0.29, 0.717) is 46.5 Å². The first-order valence-electron chi connectivity index (χ1n) is 11.8. The average Bonchev–Trinajstić information content (AvgIpc) is 3.56. The molecule has 1 N–H and O–H groups in total. The van der Waals surface area contributed by atoms with Crippen LogP contribution in [0.25, 0.3) is 11.3 Å². The van der Waals surface area contributed by atoms with Crippen LogP contribution in [-0.2, 0) is 15.6 Å². The summed E-state index contributed by atoms with van der Waals surface area (Å²) in [7, 11) is 0. The number of hydrogen-bond acceptors (Lipinski definition) is 6. The molecule has 1 fully saturated rings. The third kappa shape index (κ3) is 4.28. The molecular formula is C28H25F2N2O5-. The normalized spacial score (nSPS) is 16.8. The number of carboxylic acid groups (broad SMARTS) is 1. The Bertz CT molecular complexity index is 1440. The van der Waals surface area contributed by atoms with Gasteiger partial charge in [0.2, 0.25) is 5.91 Å². The highest BCUT2D eigenvalue weighted by atomic mass is 19.3. The van der Waals surface area contributed by atoms with Gasteiger partial charge in [-0.15, -0.1) is 8.78 Å². The van der Waals surface area contributed by atoms with E-state index in [1.807, 2.05) is 20.8 Å². The van der Waals surface area contributed by atoms with Gasteiger partial charge in [0.05, 0.1) is 17.1 Å². The molecule has 3 aromatic rings. The zero-order chi connectivity index (χ0) is 26.8. The largest absolute Gasteiger partial charge is 0.586 e. The number of aromatic nitrogens is 1. The molecule has 192 valence electrons. The molecule has 0 unspecified atom stereocenters. The highest BCUT2D eigenvalue weighted by Crippen LogP contribution is 2.52. The molecule has 2 aromatic carbocycles. The van der Waals surface area contributed by atoms with Crippen molar-refractivity contribution >= 4 is 17.6 Å². The van der Waals surface area contributed by atoms with Gasteiger partial charge >= 0.3 is 6.29 Å². The number of carbonyl (C=O) groups excluding carboxylic acids is 2. The van der Waals surface area contributed by atoms with Gasteiger partial charge in [-0.1, -0.05) is 45.0 Å². The molecule has 1 aliphatic heterocycles. The number of nitrogens with zero attached hydrogens (tertiary/aromatic N) is 1. The Morgan fingerprint density at radius 1 is 1.05 bits per heavy atom. The Labute approximate surface area is 212 Å². The quantitative estimate of drug-likeness (QED) is 0.537. The number of amides is 1. The van der Waals surface area contributed by atoms with Gasteiger partial charge in [0.25, 0.3) is 0 Å². The smallest absolute Gasteiger partial charge is 0.545 e. The van der Waals surface area contributed by atoms with Gasteiger partial charge in [0.1, 0.15) is 0 Å². The van der Waals surface area contributed by atoms with E-state index in [0.717, 1.165) is 0 Å². The maximum atomic E-state index is 13.4. The Kier molecular flexibility index (Phi) is 5.51. The minimum Gasteiger partial charge on any atom is -0.545 e. The van der Waals surface area contributed by atoms with Crippen molar-refractivity contribution in [2.75, 3.05) is 5.32 Å². The lowest BCUT2D eigenvalue weighted by Crippen LogP contribution is -2.29. The van der Waals surface area contributed by atoms with Crippen LogP contribution < -0.4 is 19.9 Å². The number of fused-ring (bicyclic) bond motifs is 1. The minimum absolute atomic E-state index is 0.0601. The van der Waals surface area contributed by atoms with Gasteiger partial charge in [0.15, 0.2) is 11.5 Å². The molecule has 0 radical (unpaired) electrons. The third-order valence-corrected chi connectivity index (χ3v) is 6.92. The van der Waals surface area contributed by atoms with Crippen molar-refractivity contribution in [1.82, 2.24) is 4.98 Å². The molecule has 5 rings (SSSR count). The second kappa shape index (κ2) is 8.26. The van der Waals surface area contributed by atoms with E-state index >= 15 is 0 Å². The van der Waals surface area contributed by atoms with E-state index < -0.39 is 23.1 Å². The van der Waals surface area contributed by atoms with Crippen molar-refractivity contribution in [3.8, 4) is 22.8 Å². The maximum Gasteiger partial charge on any atom is 0.586 e. The van der Waals surface area contributed by atoms with Crippen LogP contribution in [0.4, 0.5) is 14.5 Å². The number of carboxylic acids is 1. The summed E-state index contributed by atoms with van der Waals surface area (Å²) in [4.78, 5) is 30.0. The molecular weight excluding hydrogens is 482 g/mol. The lowest BCUT2D eigenvalue weighted by Gasteiger charge is -2.26. The van der Waals surface area contributed by atoms with E-state index in [2.05, 4.69) is 19.8 Å². The Morgan fingerprint density at radius 2 is 1.76 bits per heavy atom. The van der Waals surface area contributed by atoms with Crippen LogP contribution in [0.1, 0.15) is 60.7 Å². The number of pyridine rings is 1. The van der Waals surface area contributed by atoms with Crippen LogP contribution in [-0.4, -0.2) is 23.2 Å². The molecule has 2 aliphatic rings. The predicted molar refractivity (Wildman–Crippen MR) is 130 cm³/mol. The molecule has 1 aromatic heterocycles. The molecule has 7 nitrogen and oxygen atoms in total. The van der Waals surface area contributed by atoms with E-state index in [9.17, 15) is 23.5 Å². The minimum atomic E-state index is -3.74. The molecule has 1 aliphatic carbocycles. The maximum absolute atomic E-state index is 13.4. The number of rotatable bonds is 5. The first-order valence-corrected chi connectivity index (χ1v) is 11.8. The molecule has 9 heteroatoms. The SMILES string of the molecule is Cc1c(NC(=O)C2(c3ccc4c(c3)OC(F)(F)O4)CC2)ccnc1-c1cccc(C(C)(C)C)c1C(=O)[O-]. The van der Waals surface area contributed by atoms with Gasteiger partial charge < -0.3 is 24.7 Å². The number of alkyl halides is 2. The molecule has 0 saturated heterocycles. The number of hydrogen-bond donors (Lipinski definition) is 1. The average molecular weight is 508 g/mol. The van der Waals surface area contributed by atoms with Crippen LogP contribution in [0, 0.1) is 6.92 Å².